The van der Waals surface area contributed by atoms with Crippen molar-refractivity contribution in [2.45, 2.75) is 19.4 Å². The van der Waals surface area contributed by atoms with Crippen LogP contribution in [0.2, 0.25) is 0 Å². The van der Waals surface area contributed by atoms with Gasteiger partial charge in [0.05, 0.1) is 18.6 Å². The van der Waals surface area contributed by atoms with Gasteiger partial charge < -0.3 is 14.6 Å². The molecule has 2 heterocycles. The molecule has 1 atom stereocenters. The SMILES string of the molecule is COc1ccc2c(C)c(C(=O)N(C)C3CCS(=O)(=O)C3)[nH]c2c1. The number of rotatable bonds is 3. The van der Waals surface area contributed by atoms with Crippen LogP contribution >= 0.6 is 0 Å². The second kappa shape index (κ2) is 5.56. The number of benzene rings is 1. The molecule has 0 radical (unpaired) electrons. The number of carbonyl (C=O) groups is 1. The van der Waals surface area contributed by atoms with Gasteiger partial charge in [0.2, 0.25) is 0 Å². The molecule has 7 heteroatoms. The van der Waals surface area contributed by atoms with Crippen LogP contribution in [-0.4, -0.2) is 55.9 Å². The zero-order valence-electron chi connectivity index (χ0n) is 13.4. The maximum Gasteiger partial charge on any atom is 0.270 e. The zero-order chi connectivity index (χ0) is 16.8. The Morgan fingerprint density at radius 2 is 2.13 bits per heavy atom. The van der Waals surface area contributed by atoms with Crippen molar-refractivity contribution in [2.24, 2.45) is 0 Å². The van der Waals surface area contributed by atoms with Crippen molar-refractivity contribution in [1.82, 2.24) is 9.88 Å². The first-order valence-electron chi connectivity index (χ1n) is 7.46. The Bertz CT molecular complexity index is 870. The molecule has 0 aliphatic carbocycles. The lowest BCUT2D eigenvalue weighted by molar-refractivity contribution is 0.0742. The lowest BCUT2D eigenvalue weighted by atomic mass is 10.1. The van der Waals surface area contributed by atoms with Gasteiger partial charge in [-0.05, 0) is 31.0 Å². The van der Waals surface area contributed by atoms with Gasteiger partial charge in [0.15, 0.2) is 9.84 Å². The van der Waals surface area contributed by atoms with Crippen LogP contribution in [0.15, 0.2) is 18.2 Å². The molecule has 1 amide bonds. The number of aromatic amines is 1. The molecule has 1 aromatic heterocycles. The fourth-order valence-corrected chi connectivity index (χ4v) is 4.86. The topological polar surface area (TPSA) is 79.5 Å². The molecule has 1 fully saturated rings. The number of aromatic nitrogens is 1. The Hall–Kier alpha value is -2.02. The number of amides is 1. The van der Waals surface area contributed by atoms with E-state index in [4.69, 9.17) is 4.74 Å². The van der Waals surface area contributed by atoms with Crippen LogP contribution in [-0.2, 0) is 9.84 Å². The van der Waals surface area contributed by atoms with E-state index in [1.165, 1.54) is 0 Å². The summed E-state index contributed by atoms with van der Waals surface area (Å²) in [7, 11) is 0.240. The number of ether oxygens (including phenoxy) is 1. The molecule has 2 aromatic rings. The first-order chi connectivity index (χ1) is 10.8. The van der Waals surface area contributed by atoms with Crippen molar-refractivity contribution < 1.29 is 17.9 Å². The van der Waals surface area contributed by atoms with Crippen LogP contribution in [0.3, 0.4) is 0 Å². The van der Waals surface area contributed by atoms with Crippen LogP contribution in [0.25, 0.3) is 10.9 Å². The highest BCUT2D eigenvalue weighted by Gasteiger charge is 2.33. The summed E-state index contributed by atoms with van der Waals surface area (Å²) in [5, 5.41) is 0.960. The Balaban J connectivity index is 1.93. The molecule has 0 spiro atoms. The minimum absolute atomic E-state index is 0.0440. The summed E-state index contributed by atoms with van der Waals surface area (Å²) >= 11 is 0. The molecule has 6 nitrogen and oxygen atoms in total. The van der Waals surface area contributed by atoms with E-state index in [0.29, 0.717) is 17.9 Å². The predicted molar refractivity (Wildman–Crippen MR) is 88.7 cm³/mol. The fraction of sp³-hybridized carbons (Fsp3) is 0.438. The smallest absolute Gasteiger partial charge is 0.270 e. The average Bonchev–Trinajstić information content (AvgIpc) is 3.05. The highest BCUT2D eigenvalue weighted by Crippen LogP contribution is 2.27. The summed E-state index contributed by atoms with van der Waals surface area (Å²) in [6, 6.07) is 5.36. The van der Waals surface area contributed by atoms with E-state index >= 15 is 0 Å². The Morgan fingerprint density at radius 1 is 1.39 bits per heavy atom. The van der Waals surface area contributed by atoms with Gasteiger partial charge in [0, 0.05) is 30.1 Å². The third kappa shape index (κ3) is 2.81. The molecule has 0 bridgehead atoms. The van der Waals surface area contributed by atoms with Gasteiger partial charge in [-0.15, -0.1) is 0 Å². The van der Waals surface area contributed by atoms with Crippen LogP contribution in [0.1, 0.15) is 22.5 Å². The van der Waals surface area contributed by atoms with Crippen molar-refractivity contribution in [3.8, 4) is 5.75 Å². The maximum atomic E-state index is 12.8. The van der Waals surface area contributed by atoms with E-state index in [-0.39, 0.29) is 23.5 Å². The number of H-pyrrole nitrogens is 1. The van der Waals surface area contributed by atoms with Gasteiger partial charge in [-0.3, -0.25) is 4.79 Å². The molecule has 23 heavy (non-hydrogen) atoms. The number of nitrogens with one attached hydrogen (secondary N) is 1. The maximum absolute atomic E-state index is 12.8. The number of aryl methyl sites for hydroxylation is 1. The summed E-state index contributed by atoms with van der Waals surface area (Å²) in [5.41, 5.74) is 2.19. The minimum Gasteiger partial charge on any atom is -0.497 e. The largest absolute Gasteiger partial charge is 0.497 e. The summed E-state index contributed by atoms with van der Waals surface area (Å²) < 4.78 is 28.4. The number of fused-ring (bicyclic) bond motifs is 1. The first kappa shape index (κ1) is 15.9. The standard InChI is InChI=1S/C16H20N2O4S/c1-10-13-5-4-12(22-3)8-14(13)17-15(10)16(19)18(2)11-6-7-23(20,21)9-11/h4-5,8,11,17H,6-7,9H2,1-3H3. The molecule has 0 saturated carbocycles. The number of hydrogen-bond donors (Lipinski definition) is 1. The van der Waals surface area contributed by atoms with Gasteiger partial charge in [-0.25, -0.2) is 8.42 Å². The lowest BCUT2D eigenvalue weighted by Gasteiger charge is -2.23. The summed E-state index contributed by atoms with van der Waals surface area (Å²) in [6.07, 6.45) is 0.498. The van der Waals surface area contributed by atoms with Crippen molar-refractivity contribution in [3.05, 3.63) is 29.5 Å². The van der Waals surface area contributed by atoms with Gasteiger partial charge in [-0.1, -0.05) is 0 Å². The minimum atomic E-state index is -3.02. The van der Waals surface area contributed by atoms with Crippen LogP contribution in [0.5, 0.6) is 5.75 Å². The highest BCUT2D eigenvalue weighted by atomic mass is 32.2. The molecule has 1 N–H and O–H groups in total. The number of nitrogens with zero attached hydrogens (tertiary/aromatic N) is 1. The molecule has 124 valence electrons. The molecular formula is C16H20N2O4S. The first-order valence-corrected chi connectivity index (χ1v) is 9.28. The van der Waals surface area contributed by atoms with Crippen LogP contribution < -0.4 is 4.74 Å². The Kier molecular flexibility index (Phi) is 3.83. The lowest BCUT2D eigenvalue weighted by Crippen LogP contribution is -2.38. The average molecular weight is 336 g/mol. The Labute approximate surface area is 135 Å². The van der Waals surface area contributed by atoms with Gasteiger partial charge in [-0.2, -0.15) is 0 Å². The molecule has 1 aliphatic heterocycles. The molecule has 1 unspecified atom stereocenters. The Morgan fingerprint density at radius 3 is 2.74 bits per heavy atom. The van der Waals surface area contributed by atoms with Crippen LogP contribution in [0, 0.1) is 6.92 Å². The second-order valence-corrected chi connectivity index (χ2v) is 8.24. The number of methoxy groups -OCH3 is 1. The summed E-state index contributed by atoms with van der Waals surface area (Å²) in [4.78, 5) is 17.4. The fourth-order valence-electron chi connectivity index (χ4n) is 3.08. The summed E-state index contributed by atoms with van der Waals surface area (Å²) in [5.74, 6) is 0.730. The van der Waals surface area contributed by atoms with Crippen LogP contribution in [0.4, 0.5) is 0 Å². The number of carbonyl (C=O) groups excluding carboxylic acids is 1. The predicted octanol–water partition coefficient (Wildman–Crippen LogP) is 1.74. The third-order valence-corrected chi connectivity index (χ3v) is 6.31. The second-order valence-electron chi connectivity index (χ2n) is 6.01. The van der Waals surface area contributed by atoms with Gasteiger partial charge in [0.1, 0.15) is 11.4 Å². The van der Waals surface area contributed by atoms with E-state index in [1.54, 1.807) is 19.1 Å². The van der Waals surface area contributed by atoms with Crippen molar-refractivity contribution in [3.63, 3.8) is 0 Å². The molecular weight excluding hydrogens is 316 g/mol. The van der Waals surface area contributed by atoms with E-state index < -0.39 is 9.84 Å². The quantitative estimate of drug-likeness (QED) is 0.926. The zero-order valence-corrected chi connectivity index (χ0v) is 14.2. The molecule has 1 aromatic carbocycles. The van der Waals surface area contributed by atoms with Gasteiger partial charge >= 0.3 is 0 Å². The van der Waals surface area contributed by atoms with E-state index in [9.17, 15) is 13.2 Å². The van der Waals surface area contributed by atoms with Crippen molar-refractivity contribution >= 4 is 26.6 Å². The highest BCUT2D eigenvalue weighted by molar-refractivity contribution is 7.91. The van der Waals surface area contributed by atoms with Crippen molar-refractivity contribution in [1.29, 1.82) is 0 Å². The van der Waals surface area contributed by atoms with Gasteiger partial charge in [0.25, 0.3) is 5.91 Å². The molecule has 1 saturated heterocycles. The molecule has 3 rings (SSSR count). The van der Waals surface area contributed by atoms with Crippen molar-refractivity contribution in [2.75, 3.05) is 25.7 Å². The van der Waals surface area contributed by atoms with E-state index in [1.807, 2.05) is 25.1 Å². The third-order valence-electron chi connectivity index (χ3n) is 4.56. The van der Waals surface area contributed by atoms with E-state index in [2.05, 4.69) is 4.98 Å². The monoisotopic (exact) mass is 336 g/mol. The van der Waals surface area contributed by atoms with E-state index in [0.717, 1.165) is 16.5 Å². The normalized spacial score (nSPS) is 19.9. The molecule has 1 aliphatic rings. The number of hydrogen-bond acceptors (Lipinski definition) is 4. The number of sulfone groups is 1. The summed E-state index contributed by atoms with van der Waals surface area (Å²) in [6.45, 7) is 1.89.